The predicted octanol–water partition coefficient (Wildman–Crippen LogP) is 2.89. The molecule has 0 saturated carbocycles. The quantitative estimate of drug-likeness (QED) is 0.744. The molecule has 3 aliphatic heterocycles. The van der Waals surface area contributed by atoms with E-state index in [1.165, 1.54) is 0 Å². The minimum absolute atomic E-state index is 0.0514. The minimum Gasteiger partial charge on any atom is -0.444 e. The predicted molar refractivity (Wildman–Crippen MR) is 116 cm³/mol. The van der Waals surface area contributed by atoms with Crippen LogP contribution in [-0.4, -0.2) is 70.4 Å². The van der Waals surface area contributed by atoms with Crippen molar-refractivity contribution in [3.63, 3.8) is 0 Å². The summed E-state index contributed by atoms with van der Waals surface area (Å²) in [5.74, 6) is 0.616. The summed E-state index contributed by atoms with van der Waals surface area (Å²) in [4.78, 5) is 43.9. The lowest BCUT2D eigenvalue weighted by Gasteiger charge is -2.46. The van der Waals surface area contributed by atoms with Crippen LogP contribution in [0.4, 0.5) is 4.79 Å². The van der Waals surface area contributed by atoms with Gasteiger partial charge in [0.25, 0.3) is 0 Å². The largest absolute Gasteiger partial charge is 0.444 e. The summed E-state index contributed by atoms with van der Waals surface area (Å²) < 4.78 is 5.54. The molecule has 0 N–H and O–H groups in total. The van der Waals surface area contributed by atoms with E-state index in [0.29, 0.717) is 45.6 Å². The molecule has 4 rings (SSSR count). The van der Waals surface area contributed by atoms with Gasteiger partial charge in [-0.3, -0.25) is 9.59 Å². The van der Waals surface area contributed by atoms with Crippen LogP contribution >= 0.6 is 0 Å². The zero-order chi connectivity index (χ0) is 22.2. The van der Waals surface area contributed by atoms with Crippen LogP contribution in [0.5, 0.6) is 0 Å². The Balaban J connectivity index is 1.39. The Morgan fingerprint density at radius 1 is 1.00 bits per heavy atom. The Bertz CT molecular complexity index is 821. The fraction of sp³-hybridized carbons (Fsp3) is 0.625. The highest BCUT2D eigenvalue weighted by Crippen LogP contribution is 2.32. The molecule has 2 bridgehead atoms. The van der Waals surface area contributed by atoms with Crippen LogP contribution in [0.25, 0.3) is 0 Å². The number of fused-ring (bicyclic) bond motifs is 2. The molecule has 0 radical (unpaired) electrons. The van der Waals surface area contributed by atoms with Gasteiger partial charge in [-0.05, 0) is 51.0 Å². The summed E-state index contributed by atoms with van der Waals surface area (Å²) in [7, 11) is 0. The lowest BCUT2D eigenvalue weighted by atomic mass is 9.84. The van der Waals surface area contributed by atoms with Crippen molar-refractivity contribution in [2.45, 2.75) is 58.2 Å². The number of hydrogen-bond acceptors (Lipinski definition) is 4. The molecule has 0 aliphatic carbocycles. The normalized spacial score (nSPS) is 26.2. The number of likely N-dealkylation sites (tertiary alicyclic amines) is 3. The van der Waals surface area contributed by atoms with Crippen molar-refractivity contribution in [3.8, 4) is 0 Å². The van der Waals surface area contributed by atoms with Crippen LogP contribution in [-0.2, 0) is 20.9 Å². The van der Waals surface area contributed by atoms with Crippen LogP contribution in [0, 0.1) is 11.8 Å². The Morgan fingerprint density at radius 2 is 1.61 bits per heavy atom. The molecule has 0 aromatic heterocycles. The van der Waals surface area contributed by atoms with Gasteiger partial charge in [-0.15, -0.1) is 0 Å². The van der Waals surface area contributed by atoms with Crippen LogP contribution in [0.1, 0.15) is 45.6 Å². The van der Waals surface area contributed by atoms with Crippen molar-refractivity contribution in [2.75, 3.05) is 26.2 Å². The molecule has 3 saturated heterocycles. The van der Waals surface area contributed by atoms with Crippen LogP contribution in [0.15, 0.2) is 30.3 Å². The summed E-state index contributed by atoms with van der Waals surface area (Å²) >= 11 is 0. The zero-order valence-corrected chi connectivity index (χ0v) is 18.8. The first kappa shape index (κ1) is 21.7. The van der Waals surface area contributed by atoms with Gasteiger partial charge >= 0.3 is 6.09 Å². The highest BCUT2D eigenvalue weighted by atomic mass is 16.6. The highest BCUT2D eigenvalue weighted by molar-refractivity contribution is 5.91. The van der Waals surface area contributed by atoms with Gasteiger partial charge in [-0.1, -0.05) is 30.3 Å². The van der Waals surface area contributed by atoms with Crippen molar-refractivity contribution in [1.82, 2.24) is 14.7 Å². The average Bonchev–Trinajstić information content (AvgIpc) is 3.06. The molecular weight excluding hydrogens is 394 g/mol. The Hall–Kier alpha value is -2.57. The first-order valence-corrected chi connectivity index (χ1v) is 11.3. The number of ether oxygens (including phenoxy) is 1. The molecule has 3 aliphatic rings. The standard InChI is InChI=1S/C24H33N3O4/c1-24(2,3)31-23(30)26-14-18-11-19(15-26)13-25(12-18)22(29)20-9-10-21(28)27(20)16-17-7-5-4-6-8-17/h4-8,18-20H,9-16H2,1-3H3. The van der Waals surface area contributed by atoms with Crippen molar-refractivity contribution >= 4 is 17.9 Å². The fourth-order valence-corrected chi connectivity index (χ4v) is 5.12. The first-order chi connectivity index (χ1) is 14.7. The second kappa shape index (κ2) is 8.52. The minimum atomic E-state index is -0.511. The maximum absolute atomic E-state index is 13.4. The molecular formula is C24H33N3O4. The van der Waals surface area contributed by atoms with E-state index in [0.717, 1.165) is 12.0 Å². The second-order valence-corrected chi connectivity index (χ2v) is 10.2. The van der Waals surface area contributed by atoms with Gasteiger partial charge in [0.15, 0.2) is 0 Å². The molecule has 7 nitrogen and oxygen atoms in total. The van der Waals surface area contributed by atoms with Gasteiger partial charge in [0.2, 0.25) is 11.8 Å². The van der Waals surface area contributed by atoms with E-state index in [2.05, 4.69) is 0 Å². The third-order valence-corrected chi connectivity index (χ3v) is 6.35. The van der Waals surface area contributed by atoms with Gasteiger partial charge in [0, 0.05) is 39.1 Å². The van der Waals surface area contributed by atoms with E-state index in [9.17, 15) is 14.4 Å². The SMILES string of the molecule is CC(C)(C)OC(=O)N1CC2CC(C1)CN(C(=O)C1CCC(=O)N1Cc1ccccc1)C2. The topological polar surface area (TPSA) is 70.2 Å². The number of rotatable bonds is 3. The summed E-state index contributed by atoms with van der Waals surface area (Å²) in [6.45, 7) is 8.61. The van der Waals surface area contributed by atoms with E-state index >= 15 is 0 Å². The molecule has 3 amide bonds. The second-order valence-electron chi connectivity index (χ2n) is 10.2. The lowest BCUT2D eigenvalue weighted by Crippen LogP contribution is -2.58. The van der Waals surface area contributed by atoms with Crippen molar-refractivity contribution in [1.29, 1.82) is 0 Å². The first-order valence-electron chi connectivity index (χ1n) is 11.3. The van der Waals surface area contributed by atoms with E-state index in [-0.39, 0.29) is 35.8 Å². The number of carbonyl (C=O) groups is 3. The van der Waals surface area contributed by atoms with E-state index in [1.54, 1.807) is 9.80 Å². The monoisotopic (exact) mass is 427 g/mol. The van der Waals surface area contributed by atoms with Gasteiger partial charge < -0.3 is 19.4 Å². The molecule has 1 aromatic rings. The molecule has 168 valence electrons. The number of hydrogen-bond donors (Lipinski definition) is 0. The highest BCUT2D eigenvalue weighted by Gasteiger charge is 2.43. The van der Waals surface area contributed by atoms with Gasteiger partial charge in [-0.25, -0.2) is 4.79 Å². The fourth-order valence-electron chi connectivity index (χ4n) is 5.12. The number of carbonyl (C=O) groups excluding carboxylic acids is 3. The van der Waals surface area contributed by atoms with Crippen molar-refractivity contribution in [2.24, 2.45) is 11.8 Å². The molecule has 0 spiro atoms. The van der Waals surface area contributed by atoms with Gasteiger partial charge in [0.05, 0.1) is 0 Å². The van der Waals surface area contributed by atoms with E-state index < -0.39 is 5.60 Å². The summed E-state index contributed by atoms with van der Waals surface area (Å²) in [6, 6.07) is 9.45. The van der Waals surface area contributed by atoms with E-state index in [1.807, 2.05) is 56.0 Å². The third-order valence-electron chi connectivity index (χ3n) is 6.35. The summed E-state index contributed by atoms with van der Waals surface area (Å²) in [5, 5.41) is 0. The van der Waals surface area contributed by atoms with Crippen LogP contribution in [0.2, 0.25) is 0 Å². The maximum atomic E-state index is 13.4. The lowest BCUT2D eigenvalue weighted by molar-refractivity contribution is -0.145. The van der Waals surface area contributed by atoms with Gasteiger partial charge in [-0.2, -0.15) is 0 Å². The third kappa shape index (κ3) is 5.02. The summed E-state index contributed by atoms with van der Waals surface area (Å²) in [5.41, 5.74) is 0.530. The Labute approximate surface area is 184 Å². The van der Waals surface area contributed by atoms with Crippen LogP contribution < -0.4 is 0 Å². The molecule has 7 heteroatoms. The Morgan fingerprint density at radius 3 is 2.23 bits per heavy atom. The maximum Gasteiger partial charge on any atom is 0.410 e. The molecule has 3 unspecified atom stereocenters. The number of nitrogens with zero attached hydrogens (tertiary/aromatic N) is 3. The molecule has 3 heterocycles. The molecule has 31 heavy (non-hydrogen) atoms. The van der Waals surface area contributed by atoms with E-state index in [4.69, 9.17) is 4.74 Å². The smallest absolute Gasteiger partial charge is 0.410 e. The number of amides is 3. The zero-order valence-electron chi connectivity index (χ0n) is 18.8. The number of benzene rings is 1. The van der Waals surface area contributed by atoms with Gasteiger partial charge in [0.1, 0.15) is 11.6 Å². The van der Waals surface area contributed by atoms with Crippen molar-refractivity contribution in [3.05, 3.63) is 35.9 Å². The molecule has 1 aromatic carbocycles. The number of piperidine rings is 2. The average molecular weight is 428 g/mol. The molecule has 3 fully saturated rings. The van der Waals surface area contributed by atoms with Crippen LogP contribution in [0.3, 0.4) is 0 Å². The molecule has 3 atom stereocenters. The van der Waals surface area contributed by atoms with Crippen molar-refractivity contribution < 1.29 is 19.1 Å². The Kier molecular flexibility index (Phi) is 5.95. The summed E-state index contributed by atoms with van der Waals surface area (Å²) in [6.07, 6.45) is 1.77.